The van der Waals surface area contributed by atoms with Crippen LogP contribution in [0.5, 0.6) is 0 Å². The SMILES string of the molecule is CCOC(=O)C1(C(=O)OCC)CC(Cc2ccc(-c3nc4ccc(C5(c6ccccc6)CC5)nc4s3)c(F)c2)C1. The molecule has 0 N–H and O–H groups in total. The molecule has 206 valence electrons. The molecule has 6 nitrogen and oxygen atoms in total. The van der Waals surface area contributed by atoms with Gasteiger partial charge in [0, 0.05) is 11.0 Å². The number of hydrogen-bond donors (Lipinski definition) is 0. The predicted molar refractivity (Wildman–Crippen MR) is 151 cm³/mol. The lowest BCUT2D eigenvalue weighted by molar-refractivity contribution is -0.183. The van der Waals surface area contributed by atoms with Crippen molar-refractivity contribution < 1.29 is 23.5 Å². The van der Waals surface area contributed by atoms with E-state index in [1.54, 1.807) is 19.9 Å². The van der Waals surface area contributed by atoms with Crippen molar-refractivity contribution in [1.82, 2.24) is 9.97 Å². The number of carbonyl (C=O) groups excluding carboxylic acids is 2. The Morgan fingerprint density at radius 1 is 0.950 bits per heavy atom. The Morgan fingerprint density at radius 2 is 1.65 bits per heavy atom. The summed E-state index contributed by atoms with van der Waals surface area (Å²) in [5, 5.41) is 0.598. The van der Waals surface area contributed by atoms with Gasteiger partial charge in [0.15, 0.2) is 5.41 Å². The summed E-state index contributed by atoms with van der Waals surface area (Å²) in [7, 11) is 0. The van der Waals surface area contributed by atoms with Crippen molar-refractivity contribution in [1.29, 1.82) is 0 Å². The molecule has 2 fully saturated rings. The zero-order valence-electron chi connectivity index (χ0n) is 22.6. The number of pyridine rings is 1. The van der Waals surface area contributed by atoms with E-state index in [4.69, 9.17) is 14.5 Å². The van der Waals surface area contributed by atoms with E-state index in [0.717, 1.165) is 34.4 Å². The van der Waals surface area contributed by atoms with E-state index in [1.807, 2.05) is 18.2 Å². The van der Waals surface area contributed by atoms with E-state index in [2.05, 4.69) is 35.3 Å². The fourth-order valence-electron chi connectivity index (χ4n) is 5.99. The molecule has 2 aliphatic carbocycles. The first-order chi connectivity index (χ1) is 19.4. The molecule has 0 amide bonds. The first-order valence-electron chi connectivity index (χ1n) is 13.9. The largest absolute Gasteiger partial charge is 0.465 e. The number of fused-ring (bicyclic) bond motifs is 1. The van der Waals surface area contributed by atoms with Crippen molar-refractivity contribution in [2.75, 3.05) is 13.2 Å². The molecule has 2 aliphatic rings. The van der Waals surface area contributed by atoms with E-state index in [1.165, 1.54) is 23.0 Å². The second-order valence-electron chi connectivity index (χ2n) is 10.8. The Morgan fingerprint density at radius 3 is 2.27 bits per heavy atom. The number of rotatable bonds is 9. The van der Waals surface area contributed by atoms with Crippen LogP contribution in [0.1, 0.15) is 56.4 Å². The van der Waals surface area contributed by atoms with Crippen LogP contribution in [0, 0.1) is 17.2 Å². The van der Waals surface area contributed by atoms with Gasteiger partial charge in [-0.2, -0.15) is 0 Å². The van der Waals surface area contributed by atoms with Gasteiger partial charge in [0.2, 0.25) is 0 Å². The molecule has 2 aromatic carbocycles. The Balaban J connectivity index is 1.18. The normalized spacial score (nSPS) is 17.3. The molecule has 2 heterocycles. The number of esters is 2. The maximum Gasteiger partial charge on any atom is 0.323 e. The molecule has 8 heteroatoms. The van der Waals surface area contributed by atoms with E-state index < -0.39 is 17.4 Å². The van der Waals surface area contributed by atoms with E-state index in [9.17, 15) is 9.59 Å². The second kappa shape index (κ2) is 10.4. The minimum atomic E-state index is -1.25. The lowest BCUT2D eigenvalue weighted by Gasteiger charge is -2.43. The lowest BCUT2D eigenvalue weighted by Crippen LogP contribution is -2.52. The molecule has 0 spiro atoms. The van der Waals surface area contributed by atoms with Gasteiger partial charge in [-0.25, -0.2) is 14.4 Å². The topological polar surface area (TPSA) is 78.4 Å². The molecule has 6 rings (SSSR count). The van der Waals surface area contributed by atoms with Gasteiger partial charge in [-0.15, -0.1) is 0 Å². The third kappa shape index (κ3) is 4.58. The number of halogens is 1. The summed E-state index contributed by atoms with van der Waals surface area (Å²) in [6, 6.07) is 19.7. The Kier molecular flexibility index (Phi) is 6.90. The number of carbonyl (C=O) groups is 2. The molecule has 0 unspecified atom stereocenters. The smallest absolute Gasteiger partial charge is 0.323 e. The summed E-state index contributed by atoms with van der Waals surface area (Å²) in [5.74, 6) is -1.35. The molecule has 2 saturated carbocycles. The summed E-state index contributed by atoms with van der Waals surface area (Å²) in [4.78, 5) is 35.6. The quantitative estimate of drug-likeness (QED) is 0.169. The summed E-state index contributed by atoms with van der Waals surface area (Å²) in [6.45, 7) is 3.83. The zero-order valence-corrected chi connectivity index (χ0v) is 23.4. The third-order valence-electron chi connectivity index (χ3n) is 8.22. The fourth-order valence-corrected chi connectivity index (χ4v) is 6.96. The van der Waals surface area contributed by atoms with Crippen LogP contribution in [0.15, 0.2) is 60.7 Å². The molecule has 0 aliphatic heterocycles. The molecular weight excluding hydrogens is 527 g/mol. The van der Waals surface area contributed by atoms with Gasteiger partial charge in [-0.05, 0) is 87.3 Å². The molecule has 0 bridgehead atoms. The lowest BCUT2D eigenvalue weighted by atomic mass is 9.60. The maximum absolute atomic E-state index is 15.3. The van der Waals surface area contributed by atoms with Crippen LogP contribution in [-0.4, -0.2) is 35.1 Å². The first kappa shape index (κ1) is 26.6. The maximum atomic E-state index is 15.3. The number of thiazole rings is 1. The van der Waals surface area contributed by atoms with Gasteiger partial charge in [-0.3, -0.25) is 9.59 Å². The Bertz CT molecular complexity index is 1550. The highest BCUT2D eigenvalue weighted by molar-refractivity contribution is 7.21. The van der Waals surface area contributed by atoms with Crippen LogP contribution in [0.4, 0.5) is 4.39 Å². The van der Waals surface area contributed by atoms with Gasteiger partial charge in [-0.1, -0.05) is 47.7 Å². The minimum Gasteiger partial charge on any atom is -0.465 e. The fraction of sp³-hybridized carbons (Fsp3) is 0.375. The standard InChI is InChI=1S/C32H31FN2O4S/c1-3-38-29(36)32(30(37)39-4-2)18-21(19-32)16-20-10-11-23(24(33)17-20)27-34-25-12-13-26(35-28(25)40-27)31(14-15-31)22-8-6-5-7-9-22/h5-13,17,21H,3-4,14-16,18-19H2,1-2H3. The average molecular weight is 559 g/mol. The number of ether oxygens (including phenoxy) is 2. The molecule has 40 heavy (non-hydrogen) atoms. The molecule has 0 atom stereocenters. The highest BCUT2D eigenvalue weighted by atomic mass is 32.1. The van der Waals surface area contributed by atoms with Gasteiger partial charge in [0.1, 0.15) is 21.2 Å². The van der Waals surface area contributed by atoms with Crippen molar-refractivity contribution in [3.8, 4) is 10.6 Å². The molecule has 2 aromatic heterocycles. The highest BCUT2D eigenvalue weighted by Crippen LogP contribution is 2.53. The summed E-state index contributed by atoms with van der Waals surface area (Å²) >= 11 is 1.40. The molecule has 0 saturated heterocycles. The number of nitrogens with zero attached hydrogens (tertiary/aromatic N) is 2. The van der Waals surface area contributed by atoms with Crippen molar-refractivity contribution in [3.63, 3.8) is 0 Å². The molecular formula is C32H31FN2O4S. The van der Waals surface area contributed by atoms with Crippen LogP contribution in [-0.2, 0) is 30.9 Å². The van der Waals surface area contributed by atoms with Crippen LogP contribution in [0.3, 0.4) is 0 Å². The number of benzene rings is 2. The number of hydrogen-bond acceptors (Lipinski definition) is 7. The molecule has 4 aromatic rings. The summed E-state index contributed by atoms with van der Waals surface area (Å²) < 4.78 is 25.7. The van der Waals surface area contributed by atoms with E-state index in [-0.39, 0.29) is 30.4 Å². The Hall–Kier alpha value is -3.65. The van der Waals surface area contributed by atoms with Crippen LogP contribution in [0.25, 0.3) is 20.9 Å². The van der Waals surface area contributed by atoms with E-state index >= 15 is 4.39 Å². The average Bonchev–Trinajstić information content (AvgIpc) is 3.64. The van der Waals surface area contributed by atoms with Crippen molar-refractivity contribution in [2.45, 2.75) is 51.4 Å². The van der Waals surface area contributed by atoms with E-state index in [0.29, 0.717) is 29.8 Å². The monoisotopic (exact) mass is 558 g/mol. The molecule has 0 radical (unpaired) electrons. The van der Waals surface area contributed by atoms with Crippen molar-refractivity contribution >= 4 is 33.6 Å². The van der Waals surface area contributed by atoms with Gasteiger partial charge in [0.25, 0.3) is 0 Å². The first-order valence-corrected chi connectivity index (χ1v) is 14.7. The predicted octanol–water partition coefficient (Wildman–Crippen LogP) is 6.64. The van der Waals surface area contributed by atoms with Gasteiger partial charge < -0.3 is 9.47 Å². The van der Waals surface area contributed by atoms with Crippen LogP contribution < -0.4 is 0 Å². The third-order valence-corrected chi connectivity index (χ3v) is 9.22. The second-order valence-corrected chi connectivity index (χ2v) is 11.8. The minimum absolute atomic E-state index is 0.0355. The summed E-state index contributed by atoms with van der Waals surface area (Å²) in [6.07, 6.45) is 3.37. The summed E-state index contributed by atoms with van der Waals surface area (Å²) in [5.41, 5.74) is 3.06. The highest BCUT2D eigenvalue weighted by Gasteiger charge is 2.58. The zero-order chi connectivity index (χ0) is 27.9. The van der Waals surface area contributed by atoms with Gasteiger partial charge in [0.05, 0.1) is 18.9 Å². The number of aromatic nitrogens is 2. The van der Waals surface area contributed by atoms with Crippen molar-refractivity contribution in [2.24, 2.45) is 11.3 Å². The van der Waals surface area contributed by atoms with Crippen molar-refractivity contribution in [3.05, 3.63) is 83.3 Å². The van der Waals surface area contributed by atoms with Crippen LogP contribution >= 0.6 is 11.3 Å². The van der Waals surface area contributed by atoms with Gasteiger partial charge >= 0.3 is 11.9 Å². The Labute approximate surface area is 236 Å². The van der Waals surface area contributed by atoms with Crippen LogP contribution in [0.2, 0.25) is 0 Å².